The zero-order chi connectivity index (χ0) is 48.1. The van der Waals surface area contributed by atoms with Crippen LogP contribution in [0.25, 0.3) is 0 Å². The van der Waals surface area contributed by atoms with Crippen LogP contribution in [0.1, 0.15) is 290 Å². The monoisotopic (exact) mass is 919 g/mol. The molecule has 382 valence electrons. The summed E-state index contributed by atoms with van der Waals surface area (Å²) in [6.45, 7) is 6.62. The first-order chi connectivity index (χ1) is 31.6. The van der Waals surface area contributed by atoms with Gasteiger partial charge in [-0.25, -0.2) is 0 Å². The van der Waals surface area contributed by atoms with Crippen molar-refractivity contribution < 1.29 is 39.9 Å². The molecule has 0 aromatic heterocycles. The van der Waals surface area contributed by atoms with Crippen LogP contribution in [0.5, 0.6) is 0 Å². The largest absolute Gasteiger partial charge is 0.393 e. The normalized spacial score (nSPS) is 14.1. The molecule has 0 amide bonds. The van der Waals surface area contributed by atoms with Crippen LogP contribution < -0.4 is 0 Å². The summed E-state index contributed by atoms with van der Waals surface area (Å²) in [6.07, 6.45) is 43.5. The molecule has 0 heterocycles. The van der Waals surface area contributed by atoms with Crippen molar-refractivity contribution in [1.82, 2.24) is 0 Å². The number of hydrogen-bond donors (Lipinski definition) is 5. The highest BCUT2D eigenvalue weighted by atomic mass is 16.4. The van der Waals surface area contributed by atoms with Crippen LogP contribution in [0.4, 0.5) is 0 Å². The summed E-state index contributed by atoms with van der Waals surface area (Å²) >= 11 is 0. The molecule has 0 aliphatic carbocycles. The molecule has 8 heteroatoms. The fourth-order valence-corrected chi connectivity index (χ4v) is 8.84. The second kappa shape index (κ2) is 46.0. The first kappa shape index (κ1) is 63.3. The Bertz CT molecular complexity index is 1090. The topological polar surface area (TPSA) is 152 Å². The van der Waals surface area contributed by atoms with Gasteiger partial charge < -0.3 is 25.5 Å². The van der Waals surface area contributed by atoms with Gasteiger partial charge in [0.25, 0.3) is 0 Å². The van der Waals surface area contributed by atoms with E-state index in [4.69, 9.17) is 0 Å². The van der Waals surface area contributed by atoms with Gasteiger partial charge in [-0.1, -0.05) is 225 Å². The molecule has 0 saturated heterocycles. The minimum absolute atomic E-state index is 0.0264. The van der Waals surface area contributed by atoms with Gasteiger partial charge in [0, 0.05) is 19.3 Å². The number of aliphatic hydroxyl groups is 5. The molecule has 0 radical (unpaired) electrons. The maximum absolute atomic E-state index is 13.6. The molecule has 0 aliphatic heterocycles. The minimum Gasteiger partial charge on any atom is -0.393 e. The molecule has 65 heavy (non-hydrogen) atoms. The molecule has 0 rings (SSSR count). The first-order valence-electron chi connectivity index (χ1n) is 27.9. The van der Waals surface area contributed by atoms with Crippen LogP contribution in [-0.2, 0) is 14.4 Å². The summed E-state index contributed by atoms with van der Waals surface area (Å²) in [5, 5.41) is 54.2. The molecule has 0 fully saturated rings. The van der Waals surface area contributed by atoms with Crippen LogP contribution in [0.15, 0.2) is 24.3 Å². The smallest absolute Gasteiger partial charge is 0.210 e. The van der Waals surface area contributed by atoms with Crippen molar-refractivity contribution in [2.75, 3.05) is 0 Å². The van der Waals surface area contributed by atoms with Gasteiger partial charge in [0.1, 0.15) is 12.2 Å². The van der Waals surface area contributed by atoms with Crippen molar-refractivity contribution in [2.24, 2.45) is 0 Å². The molecule has 5 N–H and O–H groups in total. The summed E-state index contributed by atoms with van der Waals surface area (Å²) in [6, 6.07) is 0. The van der Waals surface area contributed by atoms with E-state index in [0.717, 1.165) is 109 Å². The van der Waals surface area contributed by atoms with E-state index in [2.05, 4.69) is 45.1 Å². The summed E-state index contributed by atoms with van der Waals surface area (Å²) in [5.74, 6) is -2.27. The molecule has 0 saturated carbocycles. The van der Waals surface area contributed by atoms with E-state index < -0.39 is 35.2 Å². The molecule has 2 unspecified atom stereocenters. The van der Waals surface area contributed by atoms with Crippen molar-refractivity contribution in [2.45, 2.75) is 320 Å². The fourth-order valence-electron chi connectivity index (χ4n) is 8.84. The first-order valence-corrected chi connectivity index (χ1v) is 27.9. The predicted octanol–water partition coefficient (Wildman–Crippen LogP) is 14.4. The Morgan fingerprint density at radius 1 is 0.385 bits per heavy atom. The number of carbonyl (C=O) groups excluding carboxylic acids is 3. The van der Waals surface area contributed by atoms with Gasteiger partial charge >= 0.3 is 0 Å². The van der Waals surface area contributed by atoms with E-state index in [9.17, 15) is 39.9 Å². The maximum atomic E-state index is 13.6. The molecule has 0 bridgehead atoms. The van der Waals surface area contributed by atoms with E-state index in [0.29, 0.717) is 32.1 Å². The van der Waals surface area contributed by atoms with Crippen LogP contribution in [0, 0.1) is 0 Å². The van der Waals surface area contributed by atoms with E-state index in [1.54, 1.807) is 0 Å². The van der Waals surface area contributed by atoms with Crippen LogP contribution in [0.3, 0.4) is 0 Å². The Morgan fingerprint density at radius 2 is 0.677 bits per heavy atom. The quantitative estimate of drug-likeness (QED) is 0.0230. The van der Waals surface area contributed by atoms with Gasteiger partial charge in [0.15, 0.2) is 17.3 Å². The van der Waals surface area contributed by atoms with E-state index in [1.807, 2.05) is 0 Å². The van der Waals surface area contributed by atoms with Crippen molar-refractivity contribution >= 4 is 17.3 Å². The molecule has 8 nitrogen and oxygen atoms in total. The van der Waals surface area contributed by atoms with E-state index in [-0.39, 0.29) is 31.5 Å². The highest BCUT2D eigenvalue weighted by Gasteiger charge is 2.52. The average molecular weight is 919 g/mol. The lowest BCUT2D eigenvalue weighted by molar-refractivity contribution is -0.174. The number of hydrogen-bond acceptors (Lipinski definition) is 8. The summed E-state index contributed by atoms with van der Waals surface area (Å²) in [4.78, 5) is 40.3. The van der Waals surface area contributed by atoms with Crippen molar-refractivity contribution in [3.63, 3.8) is 0 Å². The molecule has 4 atom stereocenters. The van der Waals surface area contributed by atoms with Crippen molar-refractivity contribution in [1.29, 1.82) is 0 Å². The second-order valence-electron chi connectivity index (χ2n) is 19.7. The summed E-state index contributed by atoms with van der Waals surface area (Å²) in [7, 11) is 0. The van der Waals surface area contributed by atoms with Crippen molar-refractivity contribution in [3.8, 4) is 0 Å². The fraction of sp³-hybridized carbons (Fsp3) is 0.877. The van der Waals surface area contributed by atoms with Crippen LogP contribution in [0.2, 0.25) is 0 Å². The lowest BCUT2D eigenvalue weighted by atomic mass is 9.79. The highest BCUT2D eigenvalue weighted by molar-refractivity contribution is 6.11. The number of aliphatic hydroxyl groups excluding tert-OH is 4. The third kappa shape index (κ3) is 36.0. The lowest BCUT2D eigenvalue weighted by Crippen LogP contribution is -2.61. The van der Waals surface area contributed by atoms with Gasteiger partial charge in [-0.3, -0.25) is 14.4 Å². The SMILES string of the molecule is CCCCCCCCCCCCCCCCCC(=O)C(O)C(O)C(O)(C(=O)CCCCCCC/C=C\C[C@H](O)CCCCCC)C(=O)CCCCCCC/C=C\C[C@H](O)CCCCCC. The highest BCUT2D eigenvalue weighted by Crippen LogP contribution is 2.26. The Hall–Kier alpha value is -1.71. The Morgan fingerprint density at radius 3 is 1.03 bits per heavy atom. The van der Waals surface area contributed by atoms with E-state index >= 15 is 0 Å². The van der Waals surface area contributed by atoms with Gasteiger partial charge in [0.2, 0.25) is 5.60 Å². The van der Waals surface area contributed by atoms with Gasteiger partial charge in [-0.05, 0) is 70.6 Å². The Balaban J connectivity index is 4.87. The number of unbranched alkanes of at least 4 members (excludes halogenated alkanes) is 30. The number of Topliss-reactive ketones (excluding diaryl/α,β-unsaturated/α-hetero) is 3. The maximum Gasteiger partial charge on any atom is 0.210 e. The second-order valence-corrected chi connectivity index (χ2v) is 19.7. The minimum atomic E-state index is -2.82. The third-order valence-electron chi connectivity index (χ3n) is 13.4. The van der Waals surface area contributed by atoms with Crippen LogP contribution in [-0.4, -0.2) is 72.9 Å². The van der Waals surface area contributed by atoms with Crippen LogP contribution >= 0.6 is 0 Å². The third-order valence-corrected chi connectivity index (χ3v) is 13.4. The molecular weight excluding hydrogens is 813 g/mol. The Labute approximate surface area is 400 Å². The molecule has 0 aliphatic rings. The van der Waals surface area contributed by atoms with Gasteiger partial charge in [-0.15, -0.1) is 0 Å². The number of allylic oxidation sites excluding steroid dienone is 2. The Kier molecular flexibility index (Phi) is 44.8. The summed E-state index contributed by atoms with van der Waals surface area (Å²) < 4.78 is 0. The molecule has 0 spiro atoms. The van der Waals surface area contributed by atoms with Gasteiger partial charge in [0.05, 0.1) is 12.2 Å². The zero-order valence-corrected chi connectivity index (χ0v) is 42.8. The predicted molar refractivity (Wildman–Crippen MR) is 273 cm³/mol. The number of rotatable bonds is 51. The molecule has 0 aromatic carbocycles. The molecule has 0 aromatic rings. The average Bonchev–Trinajstić information content (AvgIpc) is 3.30. The van der Waals surface area contributed by atoms with Gasteiger partial charge in [-0.2, -0.15) is 0 Å². The molecular formula is C57H106O8. The lowest BCUT2D eigenvalue weighted by Gasteiger charge is -2.32. The zero-order valence-electron chi connectivity index (χ0n) is 42.8. The van der Waals surface area contributed by atoms with E-state index in [1.165, 1.54) is 109 Å². The number of carbonyl (C=O) groups is 3. The summed E-state index contributed by atoms with van der Waals surface area (Å²) in [5.41, 5.74) is -2.82. The number of ketones is 3. The van der Waals surface area contributed by atoms with Crippen molar-refractivity contribution in [3.05, 3.63) is 24.3 Å². The standard InChI is InChI=1S/C57H106O8/c1-4-7-10-13-14-15-16-17-18-19-20-21-28-33-40-47-52(60)55(63)56(64)57(65,53(61)48-41-34-29-24-22-26-31-38-45-50(58)43-36-11-8-5-2)54(62)49-42-35-30-25-23-27-32-39-46-51(59)44-37-12-9-6-3/h31-32,38-39,50-51,55-56,58-59,63-65H,4-30,33-37,40-49H2,1-3H3/b38-31-,39-32-/t50-,51-,55?,56?/m1/s1.